The molecule has 146 valence electrons. The van der Waals surface area contributed by atoms with Crippen molar-refractivity contribution in [3.63, 3.8) is 0 Å². The highest BCUT2D eigenvalue weighted by Gasteiger charge is 2.29. The Kier molecular flexibility index (Phi) is 4.55. The van der Waals surface area contributed by atoms with E-state index in [2.05, 4.69) is 15.4 Å². The largest absolute Gasteiger partial charge is 0.395 e. The maximum absolute atomic E-state index is 14.7. The molecule has 0 spiro atoms. The Morgan fingerprint density at radius 2 is 2.18 bits per heavy atom. The summed E-state index contributed by atoms with van der Waals surface area (Å²) in [5, 5.41) is 15.6. The minimum absolute atomic E-state index is 0.137. The standard InChI is InChI=1S/C18H19FN6O3/c1-11-3-2-5-24-15(19)14(21-16(11)24)18(28)23-6-7-25-12(10-23)9-13(22-25)17(27)20-4-8-26/h2-3,5,9,26H,4,6-8,10H2,1H3,(H,20,27). The molecule has 0 unspecified atom stereocenters. The fourth-order valence-electron chi connectivity index (χ4n) is 3.27. The van der Waals surface area contributed by atoms with Gasteiger partial charge in [0.1, 0.15) is 5.65 Å². The number of pyridine rings is 1. The summed E-state index contributed by atoms with van der Waals surface area (Å²) in [5.74, 6) is -1.58. The van der Waals surface area contributed by atoms with E-state index in [0.29, 0.717) is 24.4 Å². The summed E-state index contributed by atoms with van der Waals surface area (Å²) in [5.41, 5.74) is 1.86. The van der Waals surface area contributed by atoms with Crippen molar-refractivity contribution in [1.82, 2.24) is 29.4 Å². The van der Waals surface area contributed by atoms with Crippen LogP contribution in [0.2, 0.25) is 0 Å². The number of amides is 2. The summed E-state index contributed by atoms with van der Waals surface area (Å²) < 4.78 is 17.6. The fourth-order valence-corrected chi connectivity index (χ4v) is 3.27. The van der Waals surface area contributed by atoms with Gasteiger partial charge in [0.15, 0.2) is 11.4 Å². The van der Waals surface area contributed by atoms with Crippen molar-refractivity contribution in [2.45, 2.75) is 20.0 Å². The molecule has 2 N–H and O–H groups in total. The summed E-state index contributed by atoms with van der Waals surface area (Å²) in [7, 11) is 0. The third kappa shape index (κ3) is 3.01. The molecule has 28 heavy (non-hydrogen) atoms. The van der Waals surface area contributed by atoms with Crippen molar-refractivity contribution in [3.05, 3.63) is 53.0 Å². The number of nitrogens with one attached hydrogen (secondary N) is 1. The van der Waals surface area contributed by atoms with E-state index >= 15 is 0 Å². The van der Waals surface area contributed by atoms with Crippen LogP contribution in [0.25, 0.3) is 5.65 Å². The maximum Gasteiger partial charge on any atom is 0.277 e. The van der Waals surface area contributed by atoms with Crippen molar-refractivity contribution in [3.8, 4) is 0 Å². The summed E-state index contributed by atoms with van der Waals surface area (Å²) >= 11 is 0. The zero-order valence-electron chi connectivity index (χ0n) is 15.2. The molecular weight excluding hydrogens is 367 g/mol. The smallest absolute Gasteiger partial charge is 0.277 e. The number of aliphatic hydroxyl groups excluding tert-OH is 1. The Labute approximate surface area is 159 Å². The average molecular weight is 386 g/mol. The minimum Gasteiger partial charge on any atom is -0.395 e. The molecule has 9 nitrogen and oxygen atoms in total. The van der Waals surface area contributed by atoms with Crippen molar-refractivity contribution < 1.29 is 19.1 Å². The van der Waals surface area contributed by atoms with Crippen LogP contribution in [0.15, 0.2) is 24.4 Å². The Morgan fingerprint density at radius 3 is 2.93 bits per heavy atom. The molecule has 4 rings (SSSR count). The number of rotatable bonds is 4. The zero-order chi connectivity index (χ0) is 19.8. The number of nitrogens with zero attached hydrogens (tertiary/aromatic N) is 5. The lowest BCUT2D eigenvalue weighted by Crippen LogP contribution is -2.39. The van der Waals surface area contributed by atoms with Crippen LogP contribution in [0.4, 0.5) is 4.39 Å². The zero-order valence-corrected chi connectivity index (χ0v) is 15.2. The molecule has 0 saturated heterocycles. The van der Waals surface area contributed by atoms with E-state index in [4.69, 9.17) is 5.11 Å². The molecule has 0 saturated carbocycles. The van der Waals surface area contributed by atoms with Crippen LogP contribution in [0.3, 0.4) is 0 Å². The summed E-state index contributed by atoms with van der Waals surface area (Å²) in [6.45, 7) is 2.70. The van der Waals surface area contributed by atoms with E-state index in [-0.39, 0.29) is 31.1 Å². The number of carbonyl (C=O) groups is 2. The van der Waals surface area contributed by atoms with Gasteiger partial charge in [0.2, 0.25) is 5.95 Å². The van der Waals surface area contributed by atoms with E-state index in [0.717, 1.165) is 5.56 Å². The highest BCUT2D eigenvalue weighted by molar-refractivity contribution is 5.94. The number of imidazole rings is 1. The topological polar surface area (TPSA) is 105 Å². The predicted molar refractivity (Wildman–Crippen MR) is 96.3 cm³/mol. The van der Waals surface area contributed by atoms with Gasteiger partial charge in [-0.1, -0.05) is 6.07 Å². The molecule has 2 amide bonds. The predicted octanol–water partition coefficient (Wildman–Crippen LogP) is 0.356. The Bertz CT molecular complexity index is 1070. The van der Waals surface area contributed by atoms with E-state index in [1.54, 1.807) is 29.8 Å². The first kappa shape index (κ1) is 18.1. The Balaban J connectivity index is 1.57. The molecular formula is C18H19FN6O3. The fraction of sp³-hybridized carbons (Fsp3) is 0.333. The van der Waals surface area contributed by atoms with Crippen molar-refractivity contribution in [1.29, 1.82) is 0 Å². The van der Waals surface area contributed by atoms with Gasteiger partial charge in [0.25, 0.3) is 11.8 Å². The van der Waals surface area contributed by atoms with Crippen molar-refractivity contribution in [2.75, 3.05) is 19.7 Å². The molecule has 0 atom stereocenters. The molecule has 0 aromatic carbocycles. The molecule has 0 bridgehead atoms. The Hall–Kier alpha value is -3.27. The van der Waals surface area contributed by atoms with Gasteiger partial charge in [-0.25, -0.2) is 4.98 Å². The van der Waals surface area contributed by atoms with E-state index in [1.807, 2.05) is 0 Å². The monoisotopic (exact) mass is 386 g/mol. The maximum atomic E-state index is 14.7. The average Bonchev–Trinajstić information content (AvgIpc) is 3.27. The summed E-state index contributed by atoms with van der Waals surface area (Å²) in [6, 6.07) is 5.10. The number of aliphatic hydroxyl groups is 1. The molecule has 4 heterocycles. The quantitative estimate of drug-likeness (QED) is 0.674. The van der Waals surface area contributed by atoms with Gasteiger partial charge in [-0.3, -0.25) is 18.7 Å². The number of hydrogen-bond donors (Lipinski definition) is 2. The van der Waals surface area contributed by atoms with Gasteiger partial charge >= 0.3 is 0 Å². The van der Waals surface area contributed by atoms with Gasteiger partial charge in [-0.05, 0) is 24.6 Å². The third-order valence-electron chi connectivity index (χ3n) is 4.70. The molecule has 0 fully saturated rings. The highest BCUT2D eigenvalue weighted by atomic mass is 19.1. The van der Waals surface area contributed by atoms with Crippen molar-refractivity contribution >= 4 is 17.5 Å². The van der Waals surface area contributed by atoms with Gasteiger partial charge in [-0.15, -0.1) is 0 Å². The first-order chi connectivity index (χ1) is 13.5. The van der Waals surface area contributed by atoms with Crippen LogP contribution >= 0.6 is 0 Å². The van der Waals surface area contributed by atoms with Crippen molar-refractivity contribution in [2.24, 2.45) is 0 Å². The molecule has 0 radical (unpaired) electrons. The lowest BCUT2D eigenvalue weighted by atomic mass is 10.2. The second-order valence-corrected chi connectivity index (χ2v) is 6.59. The number of fused-ring (bicyclic) bond motifs is 2. The van der Waals surface area contributed by atoms with Crippen LogP contribution < -0.4 is 5.32 Å². The molecule has 0 aliphatic carbocycles. The number of aromatic nitrogens is 4. The van der Waals surface area contributed by atoms with Crippen LogP contribution in [-0.2, 0) is 13.1 Å². The lowest BCUT2D eigenvalue weighted by molar-refractivity contribution is 0.0694. The third-order valence-corrected chi connectivity index (χ3v) is 4.70. The lowest BCUT2D eigenvalue weighted by Gasteiger charge is -2.26. The van der Waals surface area contributed by atoms with Gasteiger partial charge in [-0.2, -0.15) is 9.49 Å². The highest BCUT2D eigenvalue weighted by Crippen LogP contribution is 2.20. The van der Waals surface area contributed by atoms with Crippen LogP contribution in [-0.4, -0.2) is 60.7 Å². The van der Waals surface area contributed by atoms with Gasteiger partial charge in [0, 0.05) is 19.3 Å². The van der Waals surface area contributed by atoms with E-state index < -0.39 is 17.8 Å². The van der Waals surface area contributed by atoms with Gasteiger partial charge < -0.3 is 15.3 Å². The normalized spacial score (nSPS) is 13.6. The summed E-state index contributed by atoms with van der Waals surface area (Å²) in [6.07, 6.45) is 1.53. The molecule has 3 aromatic heterocycles. The molecule has 10 heteroatoms. The second kappa shape index (κ2) is 7.04. The summed E-state index contributed by atoms with van der Waals surface area (Å²) in [4.78, 5) is 30.5. The minimum atomic E-state index is -0.688. The number of aryl methyl sites for hydroxylation is 1. The number of halogens is 1. The van der Waals surface area contributed by atoms with Crippen LogP contribution in [0, 0.1) is 12.9 Å². The second-order valence-electron chi connectivity index (χ2n) is 6.59. The van der Waals surface area contributed by atoms with E-state index in [1.165, 1.54) is 15.5 Å². The SMILES string of the molecule is Cc1cccn2c(F)c(C(=O)N3CCn4nc(C(=O)NCCO)cc4C3)nc12. The van der Waals surface area contributed by atoms with Crippen LogP contribution in [0.5, 0.6) is 0 Å². The van der Waals surface area contributed by atoms with Gasteiger partial charge in [0.05, 0.1) is 25.4 Å². The molecule has 1 aliphatic heterocycles. The van der Waals surface area contributed by atoms with E-state index in [9.17, 15) is 14.0 Å². The Morgan fingerprint density at radius 1 is 1.36 bits per heavy atom. The van der Waals surface area contributed by atoms with Crippen LogP contribution in [0.1, 0.15) is 32.2 Å². The number of carbonyl (C=O) groups excluding carboxylic acids is 2. The molecule has 1 aliphatic rings. The number of hydrogen-bond acceptors (Lipinski definition) is 5. The molecule has 3 aromatic rings. The first-order valence-electron chi connectivity index (χ1n) is 8.88. The first-order valence-corrected chi connectivity index (χ1v) is 8.88.